The van der Waals surface area contributed by atoms with Crippen LogP contribution in [0.15, 0.2) is 18.2 Å². The number of esters is 1. The topological polar surface area (TPSA) is 105 Å². The lowest BCUT2D eigenvalue weighted by atomic mass is 10.0. The van der Waals surface area contributed by atoms with Crippen LogP contribution in [-0.2, 0) is 27.4 Å². The third-order valence-corrected chi connectivity index (χ3v) is 4.54. The summed E-state index contributed by atoms with van der Waals surface area (Å²) < 4.78 is 4.92. The highest BCUT2D eigenvalue weighted by molar-refractivity contribution is 6.00. The molecule has 0 bridgehead atoms. The normalized spacial score (nSPS) is 20.0. The molecule has 0 radical (unpaired) electrons. The molecule has 1 saturated heterocycles. The van der Waals surface area contributed by atoms with E-state index >= 15 is 0 Å². The summed E-state index contributed by atoms with van der Waals surface area (Å²) in [6.07, 6.45) is -0.0532. The number of hydrogen-bond donors (Lipinski definition) is 2. The van der Waals surface area contributed by atoms with Crippen LogP contribution in [-0.4, -0.2) is 40.4 Å². The maximum absolute atomic E-state index is 12.5. The van der Waals surface area contributed by atoms with Crippen molar-refractivity contribution in [3.05, 3.63) is 34.9 Å². The average Bonchev–Trinajstić information content (AvgIpc) is 2.96. The lowest BCUT2D eigenvalue weighted by Gasteiger charge is -2.29. The molecule has 0 aliphatic carbocycles. The Balaban J connectivity index is 1.73. The van der Waals surface area contributed by atoms with E-state index in [1.165, 1.54) is 0 Å². The highest BCUT2D eigenvalue weighted by Gasteiger charge is 2.36. The van der Waals surface area contributed by atoms with Gasteiger partial charge in [-0.2, -0.15) is 0 Å². The van der Waals surface area contributed by atoms with Crippen molar-refractivity contribution in [2.24, 2.45) is 0 Å². The van der Waals surface area contributed by atoms with Gasteiger partial charge in [-0.1, -0.05) is 12.1 Å². The molecule has 2 aliphatic rings. The summed E-state index contributed by atoms with van der Waals surface area (Å²) in [6.45, 7) is 6.25. The van der Waals surface area contributed by atoms with E-state index in [1.54, 1.807) is 32.9 Å². The molecule has 1 fully saturated rings. The van der Waals surface area contributed by atoms with Crippen LogP contribution in [0.2, 0.25) is 0 Å². The average molecular weight is 373 g/mol. The maximum atomic E-state index is 12.5. The number of fused-ring (bicyclic) bond motifs is 1. The van der Waals surface area contributed by atoms with Crippen LogP contribution in [0.3, 0.4) is 0 Å². The van der Waals surface area contributed by atoms with E-state index in [0.29, 0.717) is 31.5 Å². The van der Waals surface area contributed by atoms with Gasteiger partial charge in [-0.3, -0.25) is 19.8 Å². The van der Waals surface area contributed by atoms with E-state index < -0.39 is 23.6 Å². The predicted octanol–water partition coefficient (Wildman–Crippen LogP) is 1.47. The van der Waals surface area contributed by atoms with Crippen molar-refractivity contribution in [1.82, 2.24) is 15.5 Å². The molecule has 1 atom stereocenters. The summed E-state index contributed by atoms with van der Waals surface area (Å²) in [5.41, 5.74) is 1.45. The van der Waals surface area contributed by atoms with E-state index in [1.807, 2.05) is 11.0 Å². The van der Waals surface area contributed by atoms with Gasteiger partial charge in [-0.25, -0.2) is 9.59 Å². The Hall–Kier alpha value is -2.74. The quantitative estimate of drug-likeness (QED) is 0.462. The molecular weight excluding hydrogens is 350 g/mol. The van der Waals surface area contributed by atoms with Gasteiger partial charge in [0.05, 0.1) is 11.6 Å². The summed E-state index contributed by atoms with van der Waals surface area (Å²) in [6, 6.07) is 4.81. The number of benzene rings is 1. The number of rotatable bonds is 2. The first-order valence-corrected chi connectivity index (χ1v) is 8.87. The van der Waals surface area contributed by atoms with Crippen LogP contribution in [0.1, 0.15) is 55.1 Å². The third kappa shape index (κ3) is 4.33. The van der Waals surface area contributed by atoms with Crippen molar-refractivity contribution >= 4 is 23.9 Å². The molecular formula is C19H23N3O5. The van der Waals surface area contributed by atoms with Gasteiger partial charge in [0.25, 0.3) is 0 Å². The van der Waals surface area contributed by atoms with Crippen molar-refractivity contribution in [3.63, 3.8) is 0 Å². The van der Waals surface area contributed by atoms with Crippen LogP contribution < -0.4 is 10.6 Å². The molecule has 3 rings (SSSR count). The minimum absolute atomic E-state index is 0.262. The van der Waals surface area contributed by atoms with Gasteiger partial charge in [0.15, 0.2) is 0 Å². The van der Waals surface area contributed by atoms with Crippen LogP contribution in [0.5, 0.6) is 0 Å². The van der Waals surface area contributed by atoms with Gasteiger partial charge < -0.3 is 10.1 Å². The number of alkyl carbamates (subject to hydrolysis) is 1. The standard InChI is InChI=1S/C19H23N3O5/c1-19(2,3)21-18(26)27-17(25)12-6-4-5-11-9-22(10-13(11)12)14-7-8-15(23)20-16(14)24/h4-6,14H,7-10H2,1-3H3,(H,21,26)(H,20,23,24). The van der Waals surface area contributed by atoms with Crippen LogP contribution >= 0.6 is 0 Å². The Kier molecular flexibility index (Phi) is 5.01. The van der Waals surface area contributed by atoms with Crippen molar-refractivity contribution in [2.45, 2.75) is 58.3 Å². The van der Waals surface area contributed by atoms with Gasteiger partial charge in [-0.05, 0) is 44.4 Å². The highest BCUT2D eigenvalue weighted by Crippen LogP contribution is 2.30. The molecule has 0 aromatic heterocycles. The molecule has 2 aliphatic heterocycles. The fraction of sp³-hybridized carbons (Fsp3) is 0.474. The number of imide groups is 1. The minimum atomic E-state index is -0.801. The number of piperidine rings is 1. The molecule has 1 aromatic rings. The van der Waals surface area contributed by atoms with Gasteiger partial charge in [0.1, 0.15) is 0 Å². The second-order valence-electron chi connectivity index (χ2n) is 7.87. The molecule has 2 N–H and O–H groups in total. The summed E-state index contributed by atoms with van der Waals surface area (Å²) in [4.78, 5) is 49.7. The van der Waals surface area contributed by atoms with E-state index in [4.69, 9.17) is 4.74 Å². The zero-order valence-electron chi connectivity index (χ0n) is 15.6. The Morgan fingerprint density at radius 2 is 1.96 bits per heavy atom. The molecule has 2 heterocycles. The largest absolute Gasteiger partial charge is 0.415 e. The lowest BCUT2D eigenvalue weighted by Crippen LogP contribution is -2.50. The fourth-order valence-corrected chi connectivity index (χ4v) is 3.36. The molecule has 0 spiro atoms. The molecule has 27 heavy (non-hydrogen) atoms. The second kappa shape index (κ2) is 7.11. The maximum Gasteiger partial charge on any atom is 0.415 e. The van der Waals surface area contributed by atoms with Crippen LogP contribution in [0, 0.1) is 0 Å². The SMILES string of the molecule is CC(C)(C)NC(=O)OC(=O)c1cccc2c1CN(C1CCC(=O)NC1=O)C2. The van der Waals surface area contributed by atoms with E-state index in [0.717, 1.165) is 11.1 Å². The summed E-state index contributed by atoms with van der Waals surface area (Å²) >= 11 is 0. The summed E-state index contributed by atoms with van der Waals surface area (Å²) in [7, 11) is 0. The number of hydrogen-bond acceptors (Lipinski definition) is 6. The van der Waals surface area contributed by atoms with Crippen LogP contribution in [0.4, 0.5) is 4.79 Å². The molecule has 8 heteroatoms. The number of carbonyl (C=O) groups excluding carboxylic acids is 4. The molecule has 144 valence electrons. The Labute approximate surface area is 157 Å². The van der Waals surface area contributed by atoms with Crippen molar-refractivity contribution < 1.29 is 23.9 Å². The zero-order chi connectivity index (χ0) is 19.8. The molecule has 1 aromatic carbocycles. The number of nitrogens with zero attached hydrogens (tertiary/aromatic N) is 1. The minimum Gasteiger partial charge on any atom is -0.373 e. The molecule has 3 amide bonds. The lowest BCUT2D eigenvalue weighted by molar-refractivity contribution is -0.137. The van der Waals surface area contributed by atoms with E-state index in [-0.39, 0.29) is 11.8 Å². The number of amides is 3. The first-order chi connectivity index (χ1) is 12.6. The van der Waals surface area contributed by atoms with Crippen molar-refractivity contribution in [3.8, 4) is 0 Å². The van der Waals surface area contributed by atoms with Crippen molar-refractivity contribution in [2.75, 3.05) is 0 Å². The molecule has 8 nitrogen and oxygen atoms in total. The Morgan fingerprint density at radius 3 is 2.63 bits per heavy atom. The molecule has 0 saturated carbocycles. The van der Waals surface area contributed by atoms with E-state index in [9.17, 15) is 19.2 Å². The number of carbonyl (C=O) groups is 4. The first-order valence-electron chi connectivity index (χ1n) is 8.87. The Bertz CT molecular complexity index is 812. The van der Waals surface area contributed by atoms with Gasteiger partial charge >= 0.3 is 12.1 Å². The number of ether oxygens (including phenoxy) is 1. The van der Waals surface area contributed by atoms with Gasteiger partial charge in [-0.15, -0.1) is 0 Å². The fourth-order valence-electron chi connectivity index (χ4n) is 3.36. The highest BCUT2D eigenvalue weighted by atomic mass is 16.6. The first kappa shape index (κ1) is 19.0. The summed E-state index contributed by atoms with van der Waals surface area (Å²) in [5, 5.41) is 4.93. The van der Waals surface area contributed by atoms with Crippen LogP contribution in [0.25, 0.3) is 0 Å². The second-order valence-corrected chi connectivity index (χ2v) is 7.87. The smallest absolute Gasteiger partial charge is 0.373 e. The monoisotopic (exact) mass is 373 g/mol. The predicted molar refractivity (Wildman–Crippen MR) is 95.6 cm³/mol. The zero-order valence-corrected chi connectivity index (χ0v) is 15.6. The van der Waals surface area contributed by atoms with Crippen molar-refractivity contribution in [1.29, 1.82) is 0 Å². The Morgan fingerprint density at radius 1 is 1.22 bits per heavy atom. The van der Waals surface area contributed by atoms with Gasteiger partial charge in [0.2, 0.25) is 11.8 Å². The number of nitrogens with one attached hydrogen (secondary N) is 2. The van der Waals surface area contributed by atoms with Gasteiger partial charge in [0, 0.05) is 25.0 Å². The van der Waals surface area contributed by atoms with E-state index in [2.05, 4.69) is 10.6 Å². The molecule has 1 unspecified atom stereocenters. The third-order valence-electron chi connectivity index (χ3n) is 4.54. The summed E-state index contributed by atoms with van der Waals surface area (Å²) in [5.74, 6) is -1.30.